The molecule has 1 aromatic rings. The van der Waals surface area contributed by atoms with E-state index in [2.05, 4.69) is 11.6 Å². The first-order chi connectivity index (χ1) is 8.98. The second-order valence-electron chi connectivity index (χ2n) is 5.25. The van der Waals surface area contributed by atoms with Crippen LogP contribution in [0.15, 0.2) is 34.0 Å². The number of nitrogens with one attached hydrogen (secondary N) is 1. The van der Waals surface area contributed by atoms with Gasteiger partial charge in [0.05, 0.1) is 12.0 Å². The van der Waals surface area contributed by atoms with Crippen LogP contribution in [-0.4, -0.2) is 26.4 Å². The zero-order valence-electron chi connectivity index (χ0n) is 10.6. The summed E-state index contributed by atoms with van der Waals surface area (Å²) in [6.45, 7) is 5.92. The van der Waals surface area contributed by atoms with Gasteiger partial charge in [0, 0.05) is 18.7 Å². The minimum absolute atomic E-state index is 0.302. The summed E-state index contributed by atoms with van der Waals surface area (Å²) in [6.07, 6.45) is 1.41. The molecule has 0 unspecified atom stereocenters. The Morgan fingerprint density at radius 3 is 2.95 bits per heavy atom. The van der Waals surface area contributed by atoms with E-state index in [1.807, 2.05) is 6.92 Å². The Labute approximate surface area is 109 Å². The van der Waals surface area contributed by atoms with Gasteiger partial charge in [-0.25, -0.2) is 4.79 Å². The number of hydrogen-bond donors (Lipinski definition) is 2. The van der Waals surface area contributed by atoms with E-state index >= 15 is 0 Å². The molecule has 1 aromatic heterocycles. The number of fused-ring (bicyclic) bond motifs is 2. The predicted molar refractivity (Wildman–Crippen MR) is 67.7 cm³/mol. The van der Waals surface area contributed by atoms with Gasteiger partial charge in [-0.3, -0.25) is 14.3 Å². The van der Waals surface area contributed by atoms with Crippen molar-refractivity contribution in [1.29, 1.82) is 0 Å². The molecule has 4 atom stereocenters. The van der Waals surface area contributed by atoms with Gasteiger partial charge in [-0.05, 0) is 6.42 Å². The van der Waals surface area contributed by atoms with Gasteiger partial charge in [-0.1, -0.05) is 19.1 Å². The molecule has 1 aliphatic heterocycles. The molecule has 102 valence electrons. The summed E-state index contributed by atoms with van der Waals surface area (Å²) in [5.41, 5.74) is -0.740. The molecule has 0 radical (unpaired) electrons. The molecular formula is C13H16N2O4. The second-order valence-corrected chi connectivity index (χ2v) is 5.25. The Morgan fingerprint density at radius 2 is 2.37 bits per heavy atom. The van der Waals surface area contributed by atoms with E-state index in [1.165, 1.54) is 16.8 Å². The fourth-order valence-corrected chi connectivity index (χ4v) is 3.21. The zero-order valence-corrected chi connectivity index (χ0v) is 10.6. The Kier molecular flexibility index (Phi) is 2.55. The van der Waals surface area contributed by atoms with Crippen LogP contribution in [0.25, 0.3) is 0 Å². The number of nitrogens with zero attached hydrogens (tertiary/aromatic N) is 1. The first-order valence-electron chi connectivity index (χ1n) is 6.33. The highest BCUT2D eigenvalue weighted by Gasteiger charge is 2.60. The molecule has 6 nitrogen and oxygen atoms in total. The van der Waals surface area contributed by atoms with Crippen molar-refractivity contribution in [2.24, 2.45) is 5.92 Å². The van der Waals surface area contributed by atoms with Crippen LogP contribution in [-0.2, 0) is 4.74 Å². The normalized spacial score (nSPS) is 36.9. The highest BCUT2D eigenvalue weighted by Crippen LogP contribution is 2.55. The van der Waals surface area contributed by atoms with E-state index in [9.17, 15) is 14.7 Å². The van der Waals surface area contributed by atoms with Gasteiger partial charge in [0.1, 0.15) is 11.8 Å². The minimum atomic E-state index is -0.658. The molecular weight excluding hydrogens is 248 g/mol. The van der Waals surface area contributed by atoms with Crippen LogP contribution < -0.4 is 11.2 Å². The maximum Gasteiger partial charge on any atom is 0.330 e. The van der Waals surface area contributed by atoms with Gasteiger partial charge in [0.15, 0.2) is 0 Å². The quantitative estimate of drug-likeness (QED) is 0.745. The molecule has 2 aliphatic rings. The zero-order chi connectivity index (χ0) is 13.8. The van der Waals surface area contributed by atoms with Gasteiger partial charge in [-0.15, -0.1) is 0 Å². The molecule has 1 saturated carbocycles. The van der Waals surface area contributed by atoms with Crippen LogP contribution >= 0.6 is 0 Å². The van der Waals surface area contributed by atoms with Crippen LogP contribution in [0, 0.1) is 5.92 Å². The lowest BCUT2D eigenvalue weighted by Gasteiger charge is -2.31. The van der Waals surface area contributed by atoms with Crippen molar-refractivity contribution in [3.63, 3.8) is 0 Å². The molecule has 1 saturated heterocycles. The summed E-state index contributed by atoms with van der Waals surface area (Å²) in [5, 5.41) is 10.4. The van der Waals surface area contributed by atoms with Crippen molar-refractivity contribution in [2.45, 2.75) is 37.7 Å². The van der Waals surface area contributed by atoms with Crippen molar-refractivity contribution < 1.29 is 9.84 Å². The first-order valence-corrected chi connectivity index (χ1v) is 6.33. The largest absolute Gasteiger partial charge is 0.389 e. The summed E-state index contributed by atoms with van der Waals surface area (Å²) < 4.78 is 7.23. The molecule has 19 heavy (non-hydrogen) atoms. The lowest BCUT2D eigenvalue weighted by molar-refractivity contribution is -0.111. The second kappa shape index (κ2) is 3.91. The van der Waals surface area contributed by atoms with E-state index in [0.29, 0.717) is 12.8 Å². The van der Waals surface area contributed by atoms with E-state index in [4.69, 9.17) is 4.74 Å². The lowest BCUT2D eigenvalue weighted by Crippen LogP contribution is -2.38. The highest BCUT2D eigenvalue weighted by molar-refractivity contribution is 5.25. The third kappa shape index (κ3) is 1.56. The summed E-state index contributed by atoms with van der Waals surface area (Å²) in [5.74, 6) is -0.302. The Hall–Kier alpha value is -1.66. The molecule has 0 aromatic carbocycles. The predicted octanol–water partition coefficient (Wildman–Crippen LogP) is 0.151. The van der Waals surface area contributed by atoms with Gasteiger partial charge < -0.3 is 9.84 Å². The van der Waals surface area contributed by atoms with Crippen molar-refractivity contribution in [3.8, 4) is 0 Å². The molecule has 2 N–H and O–H groups in total. The van der Waals surface area contributed by atoms with Crippen LogP contribution in [0.5, 0.6) is 0 Å². The third-order valence-corrected chi connectivity index (χ3v) is 4.26. The molecule has 0 amide bonds. The van der Waals surface area contributed by atoms with Crippen LogP contribution in [0.3, 0.4) is 0 Å². The molecule has 6 heteroatoms. The van der Waals surface area contributed by atoms with E-state index in [1.54, 1.807) is 0 Å². The lowest BCUT2D eigenvalue weighted by atomic mass is 9.96. The smallest absolute Gasteiger partial charge is 0.330 e. The summed E-state index contributed by atoms with van der Waals surface area (Å²) in [6, 6.07) is 1.27. The average Bonchev–Trinajstić information content (AvgIpc) is 2.76. The van der Waals surface area contributed by atoms with E-state index in [0.717, 1.165) is 5.57 Å². The number of aromatic amines is 1. The average molecular weight is 264 g/mol. The van der Waals surface area contributed by atoms with Crippen molar-refractivity contribution >= 4 is 0 Å². The molecule has 0 spiro atoms. The minimum Gasteiger partial charge on any atom is -0.389 e. The Bertz CT molecular complexity index is 647. The third-order valence-electron chi connectivity index (χ3n) is 4.26. The summed E-state index contributed by atoms with van der Waals surface area (Å²) in [4.78, 5) is 25.1. The number of aliphatic hydroxyl groups excluding tert-OH is 1. The number of aliphatic hydroxyl groups is 1. The van der Waals surface area contributed by atoms with E-state index in [-0.39, 0.29) is 5.92 Å². The van der Waals surface area contributed by atoms with Crippen LogP contribution in [0.1, 0.15) is 26.0 Å². The molecule has 3 rings (SSSR count). The van der Waals surface area contributed by atoms with Crippen molar-refractivity contribution in [3.05, 3.63) is 45.3 Å². The van der Waals surface area contributed by atoms with Gasteiger partial charge in [0.25, 0.3) is 5.56 Å². The number of ether oxygens (including phenoxy) is 1. The fraction of sp³-hybridized carbons (Fsp3) is 0.538. The molecule has 2 heterocycles. The topological polar surface area (TPSA) is 84.3 Å². The monoisotopic (exact) mass is 264 g/mol. The maximum atomic E-state index is 11.8. The standard InChI is InChI=1S/C13H16N2O4/c1-3-13-6-7(2)9(10(13)17)11(19-13)15-5-4-8(16)14-12(15)18/h4-5,9-11,17H,2-3,6H2,1H3,(H,14,16,18)/t9-,10+,11-,13+/m1/s1. The first kappa shape index (κ1) is 12.4. The van der Waals surface area contributed by atoms with Crippen molar-refractivity contribution in [2.75, 3.05) is 0 Å². The molecule has 2 bridgehead atoms. The van der Waals surface area contributed by atoms with Gasteiger partial charge >= 0.3 is 5.69 Å². The maximum absolute atomic E-state index is 11.8. The number of hydrogen-bond acceptors (Lipinski definition) is 4. The molecule has 1 aliphatic carbocycles. The van der Waals surface area contributed by atoms with Crippen LogP contribution in [0.2, 0.25) is 0 Å². The Morgan fingerprint density at radius 1 is 1.63 bits per heavy atom. The Balaban J connectivity index is 2.07. The van der Waals surface area contributed by atoms with Crippen LogP contribution in [0.4, 0.5) is 0 Å². The number of rotatable bonds is 2. The SMILES string of the molecule is C=C1C[C@]2(CC)O[C@@H](n3ccc(=O)[nH]c3=O)[C@H]1[C@@H]2O. The van der Waals surface area contributed by atoms with Crippen molar-refractivity contribution in [1.82, 2.24) is 9.55 Å². The highest BCUT2D eigenvalue weighted by atomic mass is 16.6. The molecule has 2 fully saturated rings. The summed E-state index contributed by atoms with van der Waals surface area (Å²) in [7, 11) is 0. The van der Waals surface area contributed by atoms with Gasteiger partial charge in [0.2, 0.25) is 0 Å². The number of aromatic nitrogens is 2. The van der Waals surface area contributed by atoms with Gasteiger partial charge in [-0.2, -0.15) is 0 Å². The number of H-pyrrole nitrogens is 1. The fourth-order valence-electron chi connectivity index (χ4n) is 3.21. The van der Waals surface area contributed by atoms with E-state index < -0.39 is 29.2 Å². The summed E-state index contributed by atoms with van der Waals surface area (Å²) >= 11 is 0.